The second kappa shape index (κ2) is 5.63. The highest BCUT2D eigenvalue weighted by molar-refractivity contribution is 6.31. The fourth-order valence-electron chi connectivity index (χ4n) is 4.06. The van der Waals surface area contributed by atoms with Gasteiger partial charge in [0.05, 0.1) is 22.8 Å². The molecule has 28 heavy (non-hydrogen) atoms. The van der Waals surface area contributed by atoms with Crippen molar-refractivity contribution < 1.29 is 39.9 Å². The van der Waals surface area contributed by atoms with Crippen molar-refractivity contribution in [3.63, 3.8) is 0 Å². The van der Waals surface area contributed by atoms with Crippen molar-refractivity contribution in [2.75, 3.05) is 0 Å². The Kier molecular flexibility index (Phi) is 3.65. The lowest BCUT2D eigenvalue weighted by Crippen LogP contribution is -2.44. The van der Waals surface area contributed by atoms with Crippen LogP contribution in [0.4, 0.5) is 0 Å². The predicted molar refractivity (Wildman–Crippen MR) is 93.7 cm³/mol. The van der Waals surface area contributed by atoms with Crippen LogP contribution in [-0.4, -0.2) is 48.5 Å². The topological polar surface area (TPSA) is 152 Å². The average Bonchev–Trinajstić information content (AvgIpc) is 2.61. The molecule has 2 aliphatic rings. The van der Waals surface area contributed by atoms with Gasteiger partial charge in [-0.25, -0.2) is 0 Å². The Balaban J connectivity index is 2.05. The lowest BCUT2D eigenvalue weighted by atomic mass is 9.72. The quantitative estimate of drug-likeness (QED) is 0.388. The molecular weight excluding hydrogens is 368 g/mol. The van der Waals surface area contributed by atoms with Gasteiger partial charge in [-0.3, -0.25) is 14.4 Å². The maximum Gasteiger partial charge on any atom is 0.202 e. The van der Waals surface area contributed by atoms with Gasteiger partial charge in [-0.1, -0.05) is 12.1 Å². The first kappa shape index (κ1) is 18.1. The van der Waals surface area contributed by atoms with E-state index in [-0.39, 0.29) is 22.3 Å². The Morgan fingerprint density at radius 3 is 2.32 bits per heavy atom. The van der Waals surface area contributed by atoms with Crippen LogP contribution in [-0.2, 0) is 11.2 Å². The first-order valence-corrected chi connectivity index (χ1v) is 8.52. The summed E-state index contributed by atoms with van der Waals surface area (Å²) in [6.45, 7) is 1.13. The van der Waals surface area contributed by atoms with Gasteiger partial charge in [-0.15, -0.1) is 0 Å². The number of carbonyl (C=O) groups is 3. The smallest absolute Gasteiger partial charge is 0.202 e. The monoisotopic (exact) mass is 384 g/mol. The van der Waals surface area contributed by atoms with Gasteiger partial charge >= 0.3 is 0 Å². The highest BCUT2D eigenvalue weighted by Gasteiger charge is 2.47. The summed E-state index contributed by atoms with van der Waals surface area (Å²) in [5, 5.41) is 52.4. The number of hydrogen-bond acceptors (Lipinski definition) is 8. The maximum atomic E-state index is 12.9. The van der Waals surface area contributed by atoms with Crippen LogP contribution in [0.5, 0.6) is 17.2 Å². The molecule has 4 rings (SSSR count). The molecule has 0 aliphatic heterocycles. The normalized spacial score (nSPS) is 23.0. The summed E-state index contributed by atoms with van der Waals surface area (Å²) in [5.41, 5.74) is -3.84. The molecule has 2 aromatic carbocycles. The summed E-state index contributed by atoms with van der Waals surface area (Å²) < 4.78 is 0. The zero-order chi connectivity index (χ0) is 20.5. The van der Waals surface area contributed by atoms with E-state index in [1.165, 1.54) is 18.2 Å². The van der Waals surface area contributed by atoms with E-state index in [2.05, 4.69) is 0 Å². The number of benzene rings is 2. The molecule has 0 bridgehead atoms. The van der Waals surface area contributed by atoms with E-state index in [1.807, 2.05) is 0 Å². The molecular formula is C20H16O8. The first-order valence-electron chi connectivity index (χ1n) is 8.52. The molecule has 0 fully saturated rings. The highest BCUT2D eigenvalue weighted by Crippen LogP contribution is 2.50. The van der Waals surface area contributed by atoms with Crippen molar-refractivity contribution in [3.05, 3.63) is 51.6 Å². The van der Waals surface area contributed by atoms with Crippen LogP contribution in [0.15, 0.2) is 18.2 Å². The maximum absolute atomic E-state index is 12.9. The third kappa shape index (κ3) is 2.15. The van der Waals surface area contributed by atoms with Gasteiger partial charge in [-0.2, -0.15) is 0 Å². The van der Waals surface area contributed by atoms with Crippen molar-refractivity contribution in [2.24, 2.45) is 0 Å². The Morgan fingerprint density at radius 2 is 1.68 bits per heavy atom. The first-order chi connectivity index (χ1) is 13.1. The number of carbonyl (C=O) groups excluding carboxylic acids is 3. The molecule has 0 spiro atoms. The van der Waals surface area contributed by atoms with Crippen molar-refractivity contribution >= 4 is 17.3 Å². The molecule has 0 heterocycles. The average molecular weight is 384 g/mol. The van der Waals surface area contributed by atoms with E-state index >= 15 is 0 Å². The molecule has 2 atom stereocenters. The van der Waals surface area contributed by atoms with Gasteiger partial charge in [-0.05, 0) is 13.0 Å². The van der Waals surface area contributed by atoms with Gasteiger partial charge in [0, 0.05) is 29.5 Å². The molecule has 0 saturated heterocycles. The Morgan fingerprint density at radius 1 is 1.04 bits per heavy atom. The van der Waals surface area contributed by atoms with Crippen molar-refractivity contribution in [3.8, 4) is 17.2 Å². The van der Waals surface area contributed by atoms with E-state index in [1.54, 1.807) is 0 Å². The molecule has 0 radical (unpaired) electrons. The molecule has 8 heteroatoms. The predicted octanol–water partition coefficient (Wildman–Crippen LogP) is 0.878. The number of rotatable bonds is 1. The van der Waals surface area contributed by atoms with Gasteiger partial charge in [0.25, 0.3) is 0 Å². The number of fused-ring (bicyclic) bond motifs is 3. The van der Waals surface area contributed by atoms with Crippen LogP contribution < -0.4 is 0 Å². The van der Waals surface area contributed by atoms with E-state index in [4.69, 9.17) is 0 Å². The van der Waals surface area contributed by atoms with Crippen LogP contribution in [0, 0.1) is 0 Å². The standard InChI is InChI=1S/C20H16O8/c1-7(21)20(28)5-9-13(11(23)6-20)19(27)15-14(17(9)25)16(24)8-3-2-4-10(22)12(8)18(15)26/h2-4,11,22-23,25,27-28H,5-6H2,1H3/t11?,20-/m0/s1. The minimum Gasteiger partial charge on any atom is -0.507 e. The number of ketones is 3. The molecule has 2 aliphatic carbocycles. The third-order valence-corrected chi connectivity index (χ3v) is 5.55. The van der Waals surface area contributed by atoms with Crippen LogP contribution in [0.3, 0.4) is 0 Å². The molecule has 1 unspecified atom stereocenters. The molecule has 8 nitrogen and oxygen atoms in total. The molecule has 0 amide bonds. The number of aromatic hydroxyl groups is 3. The number of hydrogen-bond donors (Lipinski definition) is 5. The van der Waals surface area contributed by atoms with E-state index in [0.717, 1.165) is 6.92 Å². The highest BCUT2D eigenvalue weighted by atomic mass is 16.3. The number of phenolic OH excluding ortho intramolecular Hbond substituents is 3. The van der Waals surface area contributed by atoms with Gasteiger partial charge < -0.3 is 25.5 Å². The molecule has 144 valence electrons. The summed E-state index contributed by atoms with van der Waals surface area (Å²) in [7, 11) is 0. The van der Waals surface area contributed by atoms with Crippen molar-refractivity contribution in [1.82, 2.24) is 0 Å². The van der Waals surface area contributed by atoms with Crippen molar-refractivity contribution in [2.45, 2.75) is 31.5 Å². The van der Waals surface area contributed by atoms with E-state index in [0.29, 0.717) is 0 Å². The van der Waals surface area contributed by atoms with Crippen LogP contribution in [0.1, 0.15) is 62.4 Å². The number of aliphatic hydroxyl groups is 2. The second-order valence-corrected chi connectivity index (χ2v) is 7.18. The molecule has 5 N–H and O–H groups in total. The summed E-state index contributed by atoms with van der Waals surface area (Å²) >= 11 is 0. The van der Waals surface area contributed by atoms with Crippen LogP contribution >= 0.6 is 0 Å². The van der Waals surface area contributed by atoms with Crippen molar-refractivity contribution in [1.29, 1.82) is 0 Å². The summed E-state index contributed by atoms with van der Waals surface area (Å²) in [4.78, 5) is 37.6. The number of Topliss-reactive ketones (excluding diaryl/α,β-unsaturated/α-hetero) is 1. The second-order valence-electron chi connectivity index (χ2n) is 7.18. The molecule has 0 saturated carbocycles. The summed E-state index contributed by atoms with van der Waals surface area (Å²) in [6, 6.07) is 3.87. The van der Waals surface area contributed by atoms with E-state index in [9.17, 15) is 39.9 Å². The fraction of sp³-hybridized carbons (Fsp3) is 0.250. The molecule has 2 aromatic rings. The SMILES string of the molecule is CC(=O)[C@]1(O)Cc2c(O)c3c(c(O)c2C(O)C1)C(=O)c1c(O)cccc1C3=O. The van der Waals surface area contributed by atoms with Gasteiger partial charge in [0.2, 0.25) is 5.78 Å². The number of phenols is 3. The Labute approximate surface area is 158 Å². The lowest BCUT2D eigenvalue weighted by molar-refractivity contribution is -0.139. The minimum absolute atomic E-state index is 0.148. The van der Waals surface area contributed by atoms with Gasteiger partial charge in [0.1, 0.15) is 22.8 Å². The largest absolute Gasteiger partial charge is 0.507 e. The molecule has 0 aromatic heterocycles. The third-order valence-electron chi connectivity index (χ3n) is 5.55. The van der Waals surface area contributed by atoms with Crippen LogP contribution in [0.2, 0.25) is 0 Å². The summed E-state index contributed by atoms with van der Waals surface area (Å²) in [6.07, 6.45) is -2.43. The Bertz CT molecular complexity index is 1100. The zero-order valence-corrected chi connectivity index (χ0v) is 14.7. The fourth-order valence-corrected chi connectivity index (χ4v) is 4.06. The Hall–Kier alpha value is -3.23. The van der Waals surface area contributed by atoms with Crippen LogP contribution in [0.25, 0.3) is 0 Å². The zero-order valence-electron chi connectivity index (χ0n) is 14.7. The summed E-state index contributed by atoms with van der Waals surface area (Å²) in [5.74, 6) is -4.18. The minimum atomic E-state index is -1.98. The van der Waals surface area contributed by atoms with E-state index < -0.39 is 70.3 Å². The number of aliphatic hydroxyl groups excluding tert-OH is 1. The lowest BCUT2D eigenvalue weighted by Gasteiger charge is -2.36. The van der Waals surface area contributed by atoms with Gasteiger partial charge in [0.15, 0.2) is 11.6 Å².